The molecule has 0 spiro atoms. The number of allylic oxidation sites excluding steroid dienone is 2. The van der Waals surface area contributed by atoms with E-state index in [0.29, 0.717) is 0 Å². The van der Waals surface area contributed by atoms with Gasteiger partial charge in [0.25, 0.3) is 0 Å². The quantitative estimate of drug-likeness (QED) is 0.751. The van der Waals surface area contributed by atoms with Gasteiger partial charge in [0.15, 0.2) is 0 Å². The largest absolute Gasteiger partial charge is 0.367 e. The van der Waals surface area contributed by atoms with E-state index in [0.717, 1.165) is 55.7 Å². The van der Waals surface area contributed by atoms with Crippen LogP contribution in [0, 0.1) is 23.6 Å². The third kappa shape index (κ3) is 3.66. The Morgan fingerprint density at radius 2 is 1.67 bits per heavy atom. The van der Waals surface area contributed by atoms with E-state index in [9.17, 15) is 4.39 Å². The van der Waals surface area contributed by atoms with E-state index in [1.165, 1.54) is 45.3 Å². The standard InChI is InChI=1S/C23H32FN3/c24-22-3-1-2-4-23(22)27-13-11-26(12-14-27)21-7-9-25(10-8-21)17-20-16-18-5-6-19(20)15-18/h1-6,18-21H,7-17H2/t18-,19+,20+/m0/s1. The van der Waals surface area contributed by atoms with Crippen LogP contribution in [0.5, 0.6) is 0 Å². The summed E-state index contributed by atoms with van der Waals surface area (Å²) in [6, 6.07) is 7.92. The van der Waals surface area contributed by atoms with Gasteiger partial charge in [0.2, 0.25) is 0 Å². The number of para-hydroxylation sites is 1. The second-order valence-corrected chi connectivity index (χ2v) is 9.05. The first-order valence-corrected chi connectivity index (χ1v) is 10.9. The van der Waals surface area contributed by atoms with Gasteiger partial charge in [-0.3, -0.25) is 4.90 Å². The van der Waals surface area contributed by atoms with Gasteiger partial charge in [0, 0.05) is 38.8 Å². The van der Waals surface area contributed by atoms with Gasteiger partial charge in [-0.15, -0.1) is 0 Å². The van der Waals surface area contributed by atoms with Gasteiger partial charge >= 0.3 is 0 Å². The highest BCUT2D eigenvalue weighted by Gasteiger charge is 2.37. The van der Waals surface area contributed by atoms with Crippen LogP contribution in [0.1, 0.15) is 25.7 Å². The van der Waals surface area contributed by atoms with E-state index in [1.54, 1.807) is 12.1 Å². The lowest BCUT2D eigenvalue weighted by Crippen LogP contribution is -2.53. The normalized spacial score (nSPS) is 32.5. The molecule has 1 aromatic rings. The molecule has 1 aromatic carbocycles. The summed E-state index contributed by atoms with van der Waals surface area (Å²) in [7, 11) is 0. The average molecular weight is 370 g/mol. The predicted octanol–water partition coefficient (Wildman–Crippen LogP) is 3.62. The molecule has 3 fully saturated rings. The Hall–Kier alpha value is -1.39. The maximum absolute atomic E-state index is 14.0. The zero-order valence-corrected chi connectivity index (χ0v) is 16.3. The maximum atomic E-state index is 14.0. The van der Waals surface area contributed by atoms with Crippen molar-refractivity contribution in [2.75, 3.05) is 50.7 Å². The smallest absolute Gasteiger partial charge is 0.146 e. The van der Waals surface area contributed by atoms with Crippen LogP contribution in [0.2, 0.25) is 0 Å². The summed E-state index contributed by atoms with van der Waals surface area (Å²) in [5, 5.41) is 0. The molecule has 2 aliphatic heterocycles. The molecule has 0 unspecified atom stereocenters. The summed E-state index contributed by atoms with van der Waals surface area (Å²) in [6.07, 6.45) is 10.4. The van der Waals surface area contributed by atoms with Crippen molar-refractivity contribution in [2.45, 2.75) is 31.7 Å². The van der Waals surface area contributed by atoms with Crippen molar-refractivity contribution in [3.8, 4) is 0 Å². The highest BCUT2D eigenvalue weighted by atomic mass is 19.1. The summed E-state index contributed by atoms with van der Waals surface area (Å²) in [5.41, 5.74) is 0.770. The van der Waals surface area contributed by atoms with E-state index in [-0.39, 0.29) is 5.82 Å². The summed E-state index contributed by atoms with van der Waals surface area (Å²) in [5.74, 6) is 2.60. The molecule has 0 radical (unpaired) electrons. The molecule has 4 aliphatic rings. The van der Waals surface area contributed by atoms with E-state index in [1.807, 2.05) is 12.1 Å². The van der Waals surface area contributed by atoms with Crippen LogP contribution in [-0.4, -0.2) is 61.7 Å². The Labute approximate surface area is 162 Å². The number of hydrogen-bond donors (Lipinski definition) is 0. The lowest BCUT2D eigenvalue weighted by atomic mass is 9.92. The molecular weight excluding hydrogens is 337 g/mol. The number of fused-ring (bicyclic) bond motifs is 2. The fourth-order valence-electron chi connectivity index (χ4n) is 5.94. The number of piperazine rings is 1. The molecule has 2 aliphatic carbocycles. The van der Waals surface area contributed by atoms with Crippen LogP contribution in [0.25, 0.3) is 0 Å². The summed E-state index contributed by atoms with van der Waals surface area (Å²) in [4.78, 5) is 7.60. The van der Waals surface area contributed by atoms with Crippen LogP contribution in [0.3, 0.4) is 0 Å². The maximum Gasteiger partial charge on any atom is 0.146 e. The predicted molar refractivity (Wildman–Crippen MR) is 108 cm³/mol. The van der Waals surface area contributed by atoms with Crippen molar-refractivity contribution in [3.05, 3.63) is 42.2 Å². The number of nitrogens with zero attached hydrogens (tertiary/aromatic N) is 3. The minimum atomic E-state index is -0.0882. The first kappa shape index (κ1) is 17.7. The minimum Gasteiger partial charge on any atom is -0.367 e. The Morgan fingerprint density at radius 1 is 0.889 bits per heavy atom. The molecule has 3 atom stereocenters. The minimum absolute atomic E-state index is 0.0882. The molecule has 2 bridgehead atoms. The van der Waals surface area contributed by atoms with Gasteiger partial charge in [-0.1, -0.05) is 24.3 Å². The number of piperidine rings is 1. The van der Waals surface area contributed by atoms with Gasteiger partial charge in [0.05, 0.1) is 5.69 Å². The van der Waals surface area contributed by atoms with Crippen LogP contribution in [-0.2, 0) is 0 Å². The number of hydrogen-bond acceptors (Lipinski definition) is 3. The number of likely N-dealkylation sites (tertiary alicyclic amines) is 1. The first-order chi connectivity index (χ1) is 13.3. The van der Waals surface area contributed by atoms with Crippen molar-refractivity contribution >= 4 is 5.69 Å². The Morgan fingerprint density at radius 3 is 2.33 bits per heavy atom. The number of halogens is 1. The van der Waals surface area contributed by atoms with Gasteiger partial charge < -0.3 is 9.80 Å². The molecular formula is C23H32FN3. The molecule has 5 rings (SSSR count). The van der Waals surface area contributed by atoms with Crippen LogP contribution < -0.4 is 4.90 Å². The third-order valence-corrected chi connectivity index (χ3v) is 7.49. The molecule has 2 saturated heterocycles. The highest BCUT2D eigenvalue weighted by Crippen LogP contribution is 2.43. The monoisotopic (exact) mass is 369 g/mol. The van der Waals surface area contributed by atoms with Crippen molar-refractivity contribution in [1.29, 1.82) is 0 Å². The molecule has 1 saturated carbocycles. The molecule has 0 amide bonds. The Kier molecular flexibility index (Phi) is 4.95. The van der Waals surface area contributed by atoms with Gasteiger partial charge in [-0.25, -0.2) is 4.39 Å². The SMILES string of the molecule is Fc1ccccc1N1CCN(C2CCN(C[C@H]3C[C@H]4C=C[C@@H]3C4)CC2)CC1. The molecule has 2 heterocycles. The molecule has 3 nitrogen and oxygen atoms in total. The van der Waals surface area contributed by atoms with Crippen molar-refractivity contribution < 1.29 is 4.39 Å². The highest BCUT2D eigenvalue weighted by molar-refractivity contribution is 5.48. The topological polar surface area (TPSA) is 9.72 Å². The van der Waals surface area contributed by atoms with Gasteiger partial charge in [-0.05, 0) is 68.7 Å². The van der Waals surface area contributed by atoms with Gasteiger partial charge in [-0.2, -0.15) is 0 Å². The lowest BCUT2D eigenvalue weighted by Gasteiger charge is -2.44. The van der Waals surface area contributed by atoms with Crippen LogP contribution in [0.4, 0.5) is 10.1 Å². The average Bonchev–Trinajstić information content (AvgIpc) is 3.32. The molecule has 4 heteroatoms. The van der Waals surface area contributed by atoms with Crippen LogP contribution >= 0.6 is 0 Å². The summed E-state index contributed by atoms with van der Waals surface area (Å²) < 4.78 is 14.0. The molecule has 27 heavy (non-hydrogen) atoms. The zero-order chi connectivity index (χ0) is 18.2. The van der Waals surface area contributed by atoms with Gasteiger partial charge in [0.1, 0.15) is 5.82 Å². The van der Waals surface area contributed by atoms with E-state index in [2.05, 4.69) is 26.9 Å². The van der Waals surface area contributed by atoms with E-state index in [4.69, 9.17) is 0 Å². The fourth-order valence-corrected chi connectivity index (χ4v) is 5.94. The lowest BCUT2D eigenvalue weighted by molar-refractivity contribution is 0.0918. The number of anilines is 1. The zero-order valence-electron chi connectivity index (χ0n) is 16.3. The summed E-state index contributed by atoms with van der Waals surface area (Å²) in [6.45, 7) is 7.86. The van der Waals surface area contributed by atoms with E-state index < -0.39 is 0 Å². The van der Waals surface area contributed by atoms with Crippen molar-refractivity contribution in [3.63, 3.8) is 0 Å². The number of benzene rings is 1. The van der Waals surface area contributed by atoms with E-state index >= 15 is 0 Å². The molecule has 146 valence electrons. The molecule has 0 N–H and O–H groups in total. The second kappa shape index (κ2) is 7.56. The van der Waals surface area contributed by atoms with Crippen molar-refractivity contribution in [1.82, 2.24) is 9.80 Å². The van der Waals surface area contributed by atoms with Crippen molar-refractivity contribution in [2.24, 2.45) is 17.8 Å². The number of rotatable bonds is 4. The third-order valence-electron chi connectivity index (χ3n) is 7.49. The first-order valence-electron chi connectivity index (χ1n) is 10.9. The summed E-state index contributed by atoms with van der Waals surface area (Å²) >= 11 is 0. The fraction of sp³-hybridized carbons (Fsp3) is 0.652. The Bertz CT molecular complexity index is 674. The van der Waals surface area contributed by atoms with Crippen LogP contribution in [0.15, 0.2) is 36.4 Å². The Balaban J connectivity index is 1.08. The molecule has 0 aromatic heterocycles. The second-order valence-electron chi connectivity index (χ2n) is 9.05.